The summed E-state index contributed by atoms with van der Waals surface area (Å²) in [6.07, 6.45) is 2.68. The molecular formula is C20H30N2O3. The Morgan fingerprint density at radius 3 is 2.88 bits per heavy atom. The maximum absolute atomic E-state index is 12.8. The molecule has 2 heterocycles. The van der Waals surface area contributed by atoms with E-state index in [9.17, 15) is 4.79 Å². The summed E-state index contributed by atoms with van der Waals surface area (Å²) in [7, 11) is 1.74. The summed E-state index contributed by atoms with van der Waals surface area (Å²) in [5.74, 6) is 0.234. The average Bonchev–Trinajstić information content (AvgIpc) is 2.83. The van der Waals surface area contributed by atoms with Crippen LogP contribution >= 0.6 is 0 Å². The van der Waals surface area contributed by atoms with E-state index in [2.05, 4.69) is 9.80 Å². The average molecular weight is 346 g/mol. The molecule has 1 unspecified atom stereocenters. The molecule has 25 heavy (non-hydrogen) atoms. The molecule has 1 aromatic carbocycles. The van der Waals surface area contributed by atoms with Crippen LogP contribution in [0.5, 0.6) is 0 Å². The SMILES string of the molecule is COCCN1CCOCC2(CCCN(C(=O)Cc3ccccc3)C2)C1. The second-order valence-electron chi connectivity index (χ2n) is 7.40. The lowest BCUT2D eigenvalue weighted by Crippen LogP contribution is -2.52. The van der Waals surface area contributed by atoms with Crippen molar-refractivity contribution in [2.24, 2.45) is 5.41 Å². The Kier molecular flexibility index (Phi) is 6.45. The lowest BCUT2D eigenvalue weighted by atomic mass is 9.80. The van der Waals surface area contributed by atoms with Crippen molar-refractivity contribution in [3.8, 4) is 0 Å². The molecule has 0 bridgehead atoms. The topological polar surface area (TPSA) is 42.0 Å². The van der Waals surface area contributed by atoms with Crippen LogP contribution in [0.2, 0.25) is 0 Å². The van der Waals surface area contributed by atoms with Crippen molar-refractivity contribution < 1.29 is 14.3 Å². The minimum atomic E-state index is 0.0643. The van der Waals surface area contributed by atoms with Crippen LogP contribution < -0.4 is 0 Å². The summed E-state index contributed by atoms with van der Waals surface area (Å²) in [6.45, 7) is 6.81. The van der Waals surface area contributed by atoms with Crippen molar-refractivity contribution in [2.75, 3.05) is 59.7 Å². The number of rotatable bonds is 5. The highest BCUT2D eigenvalue weighted by Gasteiger charge is 2.40. The molecule has 1 aromatic rings. The van der Waals surface area contributed by atoms with E-state index < -0.39 is 0 Å². The first kappa shape index (κ1) is 18.4. The van der Waals surface area contributed by atoms with Gasteiger partial charge in [-0.15, -0.1) is 0 Å². The Morgan fingerprint density at radius 2 is 2.08 bits per heavy atom. The third kappa shape index (κ3) is 5.03. The van der Waals surface area contributed by atoms with Gasteiger partial charge in [-0.1, -0.05) is 30.3 Å². The first-order valence-corrected chi connectivity index (χ1v) is 9.32. The summed E-state index contributed by atoms with van der Waals surface area (Å²) in [5, 5.41) is 0. The number of benzene rings is 1. The number of hydrogen-bond acceptors (Lipinski definition) is 4. The van der Waals surface area contributed by atoms with E-state index in [-0.39, 0.29) is 11.3 Å². The van der Waals surface area contributed by atoms with Crippen LogP contribution in [-0.2, 0) is 20.7 Å². The van der Waals surface area contributed by atoms with E-state index in [1.165, 1.54) is 0 Å². The van der Waals surface area contributed by atoms with Crippen molar-refractivity contribution in [1.82, 2.24) is 9.80 Å². The van der Waals surface area contributed by atoms with Crippen molar-refractivity contribution in [2.45, 2.75) is 19.3 Å². The number of piperidine rings is 1. The van der Waals surface area contributed by atoms with Crippen molar-refractivity contribution in [3.63, 3.8) is 0 Å². The second-order valence-corrected chi connectivity index (χ2v) is 7.40. The van der Waals surface area contributed by atoms with Gasteiger partial charge in [-0.3, -0.25) is 9.69 Å². The standard InChI is InChI=1S/C20H30N2O3/c1-24-12-10-21-11-13-25-17-20(15-21)8-5-9-22(16-20)19(23)14-18-6-3-2-4-7-18/h2-4,6-7H,5,8-17H2,1H3. The highest BCUT2D eigenvalue weighted by atomic mass is 16.5. The van der Waals surface area contributed by atoms with Gasteiger partial charge in [0.05, 0.1) is 26.2 Å². The summed E-state index contributed by atoms with van der Waals surface area (Å²) < 4.78 is 11.2. The maximum Gasteiger partial charge on any atom is 0.227 e. The van der Waals surface area contributed by atoms with Gasteiger partial charge in [0.15, 0.2) is 0 Å². The third-order valence-electron chi connectivity index (χ3n) is 5.34. The monoisotopic (exact) mass is 346 g/mol. The fourth-order valence-corrected chi connectivity index (χ4v) is 4.04. The van der Waals surface area contributed by atoms with Crippen molar-refractivity contribution >= 4 is 5.91 Å². The van der Waals surface area contributed by atoms with Crippen molar-refractivity contribution in [3.05, 3.63) is 35.9 Å². The first-order chi connectivity index (χ1) is 12.2. The van der Waals surface area contributed by atoms with Gasteiger partial charge in [0.1, 0.15) is 0 Å². The van der Waals surface area contributed by atoms with Gasteiger partial charge in [0.25, 0.3) is 0 Å². The molecular weight excluding hydrogens is 316 g/mol. The summed E-state index contributed by atoms with van der Waals surface area (Å²) in [5.41, 5.74) is 1.15. The molecule has 2 aliphatic heterocycles. The van der Waals surface area contributed by atoms with Gasteiger partial charge < -0.3 is 14.4 Å². The Hall–Kier alpha value is -1.43. The van der Waals surface area contributed by atoms with Gasteiger partial charge in [-0.05, 0) is 18.4 Å². The molecule has 2 fully saturated rings. The van der Waals surface area contributed by atoms with Crippen LogP contribution in [0.25, 0.3) is 0 Å². The van der Waals surface area contributed by atoms with Gasteiger partial charge in [0.2, 0.25) is 5.91 Å². The Labute approximate surface area is 150 Å². The smallest absolute Gasteiger partial charge is 0.227 e. The van der Waals surface area contributed by atoms with E-state index >= 15 is 0 Å². The molecule has 0 radical (unpaired) electrons. The number of likely N-dealkylation sites (tertiary alicyclic amines) is 1. The number of nitrogens with zero attached hydrogens (tertiary/aromatic N) is 2. The summed E-state index contributed by atoms with van der Waals surface area (Å²) in [4.78, 5) is 17.3. The normalized spacial score (nSPS) is 25.1. The van der Waals surface area contributed by atoms with E-state index in [0.29, 0.717) is 6.42 Å². The Balaban J connectivity index is 1.63. The molecule has 138 valence electrons. The first-order valence-electron chi connectivity index (χ1n) is 9.32. The predicted octanol–water partition coefficient (Wildman–Crippen LogP) is 1.82. The molecule has 1 spiro atoms. The molecule has 5 heteroatoms. The van der Waals surface area contributed by atoms with Crippen LogP contribution in [0.4, 0.5) is 0 Å². The molecule has 0 saturated carbocycles. The van der Waals surface area contributed by atoms with Crippen LogP contribution in [0.1, 0.15) is 18.4 Å². The molecule has 2 saturated heterocycles. The largest absolute Gasteiger partial charge is 0.383 e. The van der Waals surface area contributed by atoms with Crippen molar-refractivity contribution in [1.29, 1.82) is 0 Å². The number of hydrogen-bond donors (Lipinski definition) is 0. The zero-order valence-electron chi connectivity index (χ0n) is 15.3. The Bertz CT molecular complexity index is 551. The molecule has 3 rings (SSSR count). The highest BCUT2D eigenvalue weighted by molar-refractivity contribution is 5.78. The van der Waals surface area contributed by atoms with E-state index in [0.717, 1.165) is 70.9 Å². The zero-order chi connectivity index (χ0) is 17.5. The minimum absolute atomic E-state index is 0.0643. The number of ether oxygens (including phenoxy) is 2. The summed E-state index contributed by atoms with van der Waals surface area (Å²) in [6, 6.07) is 10.0. The molecule has 0 aliphatic carbocycles. The Morgan fingerprint density at radius 1 is 1.24 bits per heavy atom. The highest BCUT2D eigenvalue weighted by Crippen LogP contribution is 2.33. The maximum atomic E-state index is 12.8. The predicted molar refractivity (Wildman–Crippen MR) is 97.5 cm³/mol. The van der Waals surface area contributed by atoms with Gasteiger partial charge in [-0.2, -0.15) is 0 Å². The summed E-state index contributed by atoms with van der Waals surface area (Å²) >= 11 is 0. The van der Waals surface area contributed by atoms with Crippen LogP contribution in [0.3, 0.4) is 0 Å². The number of methoxy groups -OCH3 is 1. The third-order valence-corrected chi connectivity index (χ3v) is 5.34. The van der Waals surface area contributed by atoms with E-state index in [1.54, 1.807) is 7.11 Å². The van der Waals surface area contributed by atoms with E-state index in [4.69, 9.17) is 9.47 Å². The van der Waals surface area contributed by atoms with E-state index in [1.807, 2.05) is 30.3 Å². The fourth-order valence-electron chi connectivity index (χ4n) is 4.04. The molecule has 0 N–H and O–H groups in total. The molecule has 2 aliphatic rings. The lowest BCUT2D eigenvalue weighted by molar-refractivity contribution is -0.135. The lowest BCUT2D eigenvalue weighted by Gasteiger charge is -2.43. The molecule has 1 amide bonds. The van der Waals surface area contributed by atoms with Crippen LogP contribution in [-0.4, -0.2) is 75.4 Å². The quantitative estimate of drug-likeness (QED) is 0.816. The van der Waals surface area contributed by atoms with Gasteiger partial charge in [0, 0.05) is 45.2 Å². The van der Waals surface area contributed by atoms with Crippen LogP contribution in [0.15, 0.2) is 30.3 Å². The number of amides is 1. The zero-order valence-corrected chi connectivity index (χ0v) is 15.3. The molecule has 0 aromatic heterocycles. The second kappa shape index (κ2) is 8.79. The van der Waals surface area contributed by atoms with Crippen LogP contribution in [0, 0.1) is 5.41 Å². The fraction of sp³-hybridized carbons (Fsp3) is 0.650. The van der Waals surface area contributed by atoms with Gasteiger partial charge in [-0.25, -0.2) is 0 Å². The number of carbonyl (C=O) groups is 1. The minimum Gasteiger partial charge on any atom is -0.383 e. The molecule has 1 atom stereocenters. The molecule has 5 nitrogen and oxygen atoms in total. The number of carbonyl (C=O) groups excluding carboxylic acids is 1. The van der Waals surface area contributed by atoms with Gasteiger partial charge >= 0.3 is 0 Å².